The molecule has 2 atom stereocenters. The fourth-order valence-corrected chi connectivity index (χ4v) is 3.95. The van der Waals surface area contributed by atoms with Crippen molar-refractivity contribution in [1.82, 2.24) is 5.32 Å². The molecule has 2 rings (SSSR count). The first-order chi connectivity index (χ1) is 13.5. The maximum atomic E-state index is 12.8. The lowest BCUT2D eigenvalue weighted by Crippen LogP contribution is -2.45. The zero-order valence-corrected chi connectivity index (χ0v) is 17.0. The van der Waals surface area contributed by atoms with E-state index in [1.807, 2.05) is 19.9 Å². The van der Waals surface area contributed by atoms with Crippen molar-refractivity contribution >= 4 is 23.9 Å². The largest absolute Gasteiger partial charge is 0.303 e. The number of carbonyl (C=O) groups is 4. The van der Waals surface area contributed by atoms with Gasteiger partial charge in [-0.15, -0.1) is 0 Å². The van der Waals surface area contributed by atoms with Gasteiger partial charge in [0.25, 0.3) is 0 Å². The topological polar surface area (TPSA) is 80.3 Å². The highest BCUT2D eigenvalue weighted by atomic mass is 16.2. The predicted molar refractivity (Wildman–Crippen MR) is 108 cm³/mol. The van der Waals surface area contributed by atoms with E-state index in [1.54, 1.807) is 0 Å². The summed E-state index contributed by atoms with van der Waals surface area (Å²) in [6, 6.07) is 6.19. The maximum Gasteiger partial charge on any atom is 0.230 e. The molecule has 0 aliphatic carbocycles. The second-order valence-electron chi connectivity index (χ2n) is 7.74. The Morgan fingerprint density at radius 3 is 2.71 bits per heavy atom. The summed E-state index contributed by atoms with van der Waals surface area (Å²) >= 11 is 0. The fraction of sp³-hybridized carbons (Fsp3) is 0.565. The van der Waals surface area contributed by atoms with Gasteiger partial charge >= 0.3 is 0 Å². The number of aldehydes is 1. The Hall–Kier alpha value is -2.30. The van der Waals surface area contributed by atoms with Gasteiger partial charge in [0.2, 0.25) is 11.8 Å². The van der Waals surface area contributed by atoms with Crippen LogP contribution in [0.1, 0.15) is 68.6 Å². The van der Waals surface area contributed by atoms with Crippen molar-refractivity contribution in [2.24, 2.45) is 11.8 Å². The standard InChI is InChI=1S/C23H31NO4/c1-3-4-7-21(26)19(20-12-13-22(27)24-23(20)28)11-10-18-9-8-17(6-5-14-25)15-16(18)2/h8-9,14-15,19-20H,3-7,10-13H2,1-2H3,(H,24,27,28). The molecule has 5 nitrogen and oxygen atoms in total. The number of Topliss-reactive ketones (excluding diaryl/α,β-unsaturated/α-hetero) is 1. The van der Waals surface area contributed by atoms with Gasteiger partial charge in [0.15, 0.2) is 0 Å². The molecule has 2 unspecified atom stereocenters. The Bertz CT molecular complexity index is 725. The van der Waals surface area contributed by atoms with E-state index in [9.17, 15) is 19.2 Å². The number of piperidine rings is 1. The Kier molecular flexibility index (Phi) is 8.55. The fourth-order valence-electron chi connectivity index (χ4n) is 3.95. The molecule has 2 amide bonds. The summed E-state index contributed by atoms with van der Waals surface area (Å²) in [6.07, 6.45) is 6.53. The van der Waals surface area contributed by atoms with E-state index < -0.39 is 5.92 Å². The molecular weight excluding hydrogens is 354 g/mol. The molecule has 1 aliphatic heterocycles. The van der Waals surface area contributed by atoms with Crippen LogP contribution in [0.5, 0.6) is 0 Å². The third-order valence-electron chi connectivity index (χ3n) is 5.64. The van der Waals surface area contributed by atoms with E-state index in [4.69, 9.17) is 0 Å². The molecule has 1 saturated heterocycles. The van der Waals surface area contributed by atoms with Crippen LogP contribution in [0.2, 0.25) is 0 Å². The summed E-state index contributed by atoms with van der Waals surface area (Å²) in [6.45, 7) is 4.09. The molecule has 1 aromatic rings. The van der Waals surface area contributed by atoms with Gasteiger partial charge in [-0.05, 0) is 55.7 Å². The van der Waals surface area contributed by atoms with Gasteiger partial charge < -0.3 is 4.79 Å². The number of carbonyl (C=O) groups excluding carboxylic acids is 4. The van der Waals surface area contributed by atoms with Gasteiger partial charge in [-0.3, -0.25) is 19.7 Å². The minimum Gasteiger partial charge on any atom is -0.303 e. The Labute approximate surface area is 167 Å². The summed E-state index contributed by atoms with van der Waals surface area (Å²) in [5.41, 5.74) is 3.44. The van der Waals surface area contributed by atoms with Crippen molar-refractivity contribution in [3.63, 3.8) is 0 Å². The normalized spacial score (nSPS) is 17.9. The molecule has 1 fully saturated rings. The van der Waals surface area contributed by atoms with Crippen LogP contribution in [0.25, 0.3) is 0 Å². The first-order valence-electron chi connectivity index (χ1n) is 10.3. The number of hydrogen-bond donors (Lipinski definition) is 1. The molecule has 0 saturated carbocycles. The highest BCUT2D eigenvalue weighted by Crippen LogP contribution is 2.29. The number of aryl methyl sites for hydroxylation is 3. The van der Waals surface area contributed by atoms with Gasteiger partial charge in [-0.25, -0.2) is 0 Å². The van der Waals surface area contributed by atoms with E-state index in [2.05, 4.69) is 17.4 Å². The average molecular weight is 386 g/mol. The van der Waals surface area contributed by atoms with E-state index >= 15 is 0 Å². The van der Waals surface area contributed by atoms with Gasteiger partial charge in [-0.2, -0.15) is 0 Å². The number of ketones is 1. The molecule has 5 heteroatoms. The Morgan fingerprint density at radius 1 is 1.29 bits per heavy atom. The number of benzene rings is 1. The van der Waals surface area contributed by atoms with Gasteiger partial charge in [0.05, 0.1) is 0 Å². The molecule has 1 N–H and O–H groups in total. The highest BCUT2D eigenvalue weighted by Gasteiger charge is 2.36. The third-order valence-corrected chi connectivity index (χ3v) is 5.64. The molecule has 1 aromatic carbocycles. The van der Waals surface area contributed by atoms with Crippen LogP contribution in [-0.4, -0.2) is 23.9 Å². The lowest BCUT2D eigenvalue weighted by molar-refractivity contribution is -0.141. The van der Waals surface area contributed by atoms with Crippen molar-refractivity contribution in [2.75, 3.05) is 0 Å². The number of unbranched alkanes of at least 4 members (excludes halogenated alkanes) is 1. The molecule has 1 heterocycles. The van der Waals surface area contributed by atoms with E-state index in [1.165, 1.54) is 0 Å². The molecule has 0 spiro atoms. The van der Waals surface area contributed by atoms with Crippen LogP contribution in [0.3, 0.4) is 0 Å². The maximum absolute atomic E-state index is 12.8. The van der Waals surface area contributed by atoms with E-state index in [0.29, 0.717) is 32.1 Å². The van der Waals surface area contributed by atoms with Crippen molar-refractivity contribution in [3.8, 4) is 0 Å². The van der Waals surface area contributed by atoms with Gasteiger partial charge in [0, 0.05) is 31.1 Å². The van der Waals surface area contributed by atoms with Crippen LogP contribution in [0, 0.1) is 18.8 Å². The molecule has 28 heavy (non-hydrogen) atoms. The number of imide groups is 1. The molecule has 0 bridgehead atoms. The lowest BCUT2D eigenvalue weighted by Gasteiger charge is -2.28. The van der Waals surface area contributed by atoms with Crippen molar-refractivity contribution in [2.45, 2.75) is 71.6 Å². The summed E-state index contributed by atoms with van der Waals surface area (Å²) in [5.74, 6) is -1.16. The Balaban J connectivity index is 2.09. The van der Waals surface area contributed by atoms with Crippen LogP contribution >= 0.6 is 0 Å². The summed E-state index contributed by atoms with van der Waals surface area (Å²) in [5, 5.41) is 2.40. The number of rotatable bonds is 11. The minimum absolute atomic E-state index is 0.136. The van der Waals surface area contributed by atoms with E-state index in [-0.39, 0.29) is 23.5 Å². The van der Waals surface area contributed by atoms with Crippen LogP contribution in [0.15, 0.2) is 18.2 Å². The first-order valence-corrected chi connectivity index (χ1v) is 10.3. The molecule has 1 aliphatic rings. The highest BCUT2D eigenvalue weighted by molar-refractivity contribution is 6.00. The van der Waals surface area contributed by atoms with Crippen LogP contribution in [0.4, 0.5) is 0 Å². The van der Waals surface area contributed by atoms with Crippen molar-refractivity contribution < 1.29 is 19.2 Å². The predicted octanol–water partition coefficient (Wildman–Crippen LogP) is 3.49. The lowest BCUT2D eigenvalue weighted by atomic mass is 9.78. The average Bonchev–Trinajstić information content (AvgIpc) is 2.67. The summed E-state index contributed by atoms with van der Waals surface area (Å²) < 4.78 is 0. The van der Waals surface area contributed by atoms with Crippen LogP contribution in [-0.2, 0) is 32.0 Å². The quantitative estimate of drug-likeness (QED) is 0.467. The summed E-state index contributed by atoms with van der Waals surface area (Å²) in [7, 11) is 0. The Morgan fingerprint density at radius 2 is 2.07 bits per heavy atom. The van der Waals surface area contributed by atoms with Gasteiger partial charge in [-0.1, -0.05) is 31.5 Å². The van der Waals surface area contributed by atoms with Gasteiger partial charge in [0.1, 0.15) is 12.1 Å². The minimum atomic E-state index is -0.408. The van der Waals surface area contributed by atoms with Crippen LogP contribution < -0.4 is 5.32 Å². The number of nitrogens with one attached hydrogen (secondary N) is 1. The molecule has 0 radical (unpaired) electrons. The smallest absolute Gasteiger partial charge is 0.230 e. The second kappa shape index (κ2) is 10.9. The SMILES string of the molecule is CCCCC(=O)C(CCc1ccc(CCC=O)cc1C)C1CCC(=O)NC1=O. The second-order valence-corrected chi connectivity index (χ2v) is 7.74. The van der Waals surface area contributed by atoms with Crippen molar-refractivity contribution in [1.29, 1.82) is 0 Å². The molecule has 0 aromatic heterocycles. The molecule has 152 valence electrons. The zero-order valence-electron chi connectivity index (χ0n) is 17.0. The number of amides is 2. The first kappa shape index (κ1) is 22.0. The molecular formula is C23H31NO4. The van der Waals surface area contributed by atoms with E-state index in [0.717, 1.165) is 48.7 Å². The third kappa shape index (κ3) is 6.11. The zero-order chi connectivity index (χ0) is 20.5. The number of hydrogen-bond acceptors (Lipinski definition) is 4. The van der Waals surface area contributed by atoms with Crippen molar-refractivity contribution in [3.05, 3.63) is 34.9 Å². The summed E-state index contributed by atoms with van der Waals surface area (Å²) in [4.78, 5) is 47.2. The monoisotopic (exact) mass is 385 g/mol.